The molecule has 2 aromatic rings. The second-order valence-electron chi connectivity index (χ2n) is 7.88. The lowest BCUT2D eigenvalue weighted by Crippen LogP contribution is -2.47. The van der Waals surface area contributed by atoms with E-state index in [2.05, 4.69) is 22.4 Å². The molecule has 4 rings (SSSR count). The standard InChI is InChI=1S/C22H25ClN2O2S2/c1-22(23)12-6-5-9-20(22)29(26,27)19-10-13-25(14-11-19)21-24-18(16-28-21)15-17-7-3-2-4-8-17/h2-9,12,16,19-20H,10-11,13-15H2,1H3. The van der Waals surface area contributed by atoms with Crippen LogP contribution in [-0.4, -0.2) is 41.9 Å². The number of benzene rings is 1. The van der Waals surface area contributed by atoms with Crippen molar-refractivity contribution in [1.29, 1.82) is 0 Å². The number of hydrogen-bond acceptors (Lipinski definition) is 5. The minimum Gasteiger partial charge on any atom is -0.348 e. The molecule has 0 N–H and O–H groups in total. The summed E-state index contributed by atoms with van der Waals surface area (Å²) in [7, 11) is -3.35. The Hall–Kier alpha value is -1.63. The minimum absolute atomic E-state index is 0.360. The van der Waals surface area contributed by atoms with Gasteiger partial charge in [0.15, 0.2) is 15.0 Å². The number of alkyl halides is 1. The predicted molar refractivity (Wildman–Crippen MR) is 122 cm³/mol. The van der Waals surface area contributed by atoms with E-state index in [0.717, 1.165) is 17.2 Å². The molecular weight excluding hydrogens is 424 g/mol. The molecule has 2 unspecified atom stereocenters. The average Bonchev–Trinajstić information content (AvgIpc) is 3.17. The van der Waals surface area contributed by atoms with Gasteiger partial charge in [0.1, 0.15) is 5.25 Å². The van der Waals surface area contributed by atoms with Crippen molar-refractivity contribution in [3.8, 4) is 0 Å². The Labute approximate surface area is 181 Å². The van der Waals surface area contributed by atoms with E-state index < -0.39 is 20.0 Å². The summed E-state index contributed by atoms with van der Waals surface area (Å²) in [4.78, 5) is 6.11. The van der Waals surface area contributed by atoms with E-state index in [4.69, 9.17) is 16.6 Å². The lowest BCUT2D eigenvalue weighted by molar-refractivity contribution is 0.518. The second kappa shape index (κ2) is 8.25. The van der Waals surface area contributed by atoms with Gasteiger partial charge in [0.25, 0.3) is 0 Å². The topological polar surface area (TPSA) is 50.3 Å². The summed E-state index contributed by atoms with van der Waals surface area (Å²) in [6.45, 7) is 3.18. The molecule has 154 valence electrons. The van der Waals surface area contributed by atoms with Crippen molar-refractivity contribution in [2.24, 2.45) is 0 Å². The number of nitrogens with zero attached hydrogens (tertiary/aromatic N) is 2. The molecule has 0 radical (unpaired) electrons. The van der Waals surface area contributed by atoms with E-state index in [1.54, 1.807) is 36.5 Å². The fourth-order valence-corrected chi connectivity index (χ4v) is 7.74. The quantitative estimate of drug-likeness (QED) is 0.627. The second-order valence-corrected chi connectivity index (χ2v) is 11.9. The Bertz CT molecular complexity index is 1000. The lowest BCUT2D eigenvalue weighted by atomic mass is 10.0. The molecule has 7 heteroatoms. The first kappa shape index (κ1) is 20.6. The third-order valence-corrected chi connectivity index (χ3v) is 9.87. The van der Waals surface area contributed by atoms with Crippen LogP contribution < -0.4 is 4.90 Å². The first-order valence-corrected chi connectivity index (χ1v) is 12.7. The number of aromatic nitrogens is 1. The summed E-state index contributed by atoms with van der Waals surface area (Å²) < 4.78 is 26.4. The summed E-state index contributed by atoms with van der Waals surface area (Å²) in [5, 5.41) is 2.05. The molecule has 4 nitrogen and oxygen atoms in total. The number of allylic oxidation sites excluding steroid dienone is 3. The van der Waals surface area contributed by atoms with Gasteiger partial charge in [-0.05, 0) is 25.3 Å². The van der Waals surface area contributed by atoms with Gasteiger partial charge in [-0.2, -0.15) is 0 Å². The average molecular weight is 449 g/mol. The number of anilines is 1. The zero-order valence-corrected chi connectivity index (χ0v) is 18.8. The van der Waals surface area contributed by atoms with Gasteiger partial charge in [0.2, 0.25) is 0 Å². The van der Waals surface area contributed by atoms with Gasteiger partial charge < -0.3 is 4.90 Å². The van der Waals surface area contributed by atoms with Crippen LogP contribution in [0.3, 0.4) is 0 Å². The molecule has 2 heterocycles. The van der Waals surface area contributed by atoms with Crippen molar-refractivity contribution in [3.05, 3.63) is 71.3 Å². The monoisotopic (exact) mass is 448 g/mol. The smallest absolute Gasteiger partial charge is 0.185 e. The zero-order chi connectivity index (χ0) is 20.5. The normalized spacial score (nSPS) is 25.4. The third kappa shape index (κ3) is 4.44. The number of halogens is 1. The summed E-state index contributed by atoms with van der Waals surface area (Å²) in [6.07, 6.45) is 9.13. The Kier molecular flexibility index (Phi) is 5.87. The summed E-state index contributed by atoms with van der Waals surface area (Å²) in [5.41, 5.74) is 2.30. The van der Waals surface area contributed by atoms with Gasteiger partial charge in [0, 0.05) is 24.9 Å². The highest BCUT2D eigenvalue weighted by Gasteiger charge is 2.44. The molecule has 2 atom stereocenters. The van der Waals surface area contributed by atoms with Crippen LogP contribution in [0.2, 0.25) is 0 Å². The first-order chi connectivity index (χ1) is 13.9. The summed E-state index contributed by atoms with van der Waals surface area (Å²) in [6, 6.07) is 10.3. The summed E-state index contributed by atoms with van der Waals surface area (Å²) >= 11 is 8.14. The van der Waals surface area contributed by atoms with E-state index in [0.29, 0.717) is 25.9 Å². The third-order valence-electron chi connectivity index (χ3n) is 5.67. The number of hydrogen-bond donors (Lipinski definition) is 0. The molecule has 1 aliphatic heterocycles. The molecule has 29 heavy (non-hydrogen) atoms. The van der Waals surface area contributed by atoms with E-state index in [1.807, 2.05) is 24.3 Å². The molecule has 2 aliphatic rings. The van der Waals surface area contributed by atoms with Crippen molar-refractivity contribution in [1.82, 2.24) is 4.98 Å². The molecule has 1 aliphatic carbocycles. The number of sulfone groups is 1. The Morgan fingerprint density at radius 3 is 2.62 bits per heavy atom. The van der Waals surface area contributed by atoms with Gasteiger partial charge in [-0.15, -0.1) is 22.9 Å². The molecule has 1 saturated heterocycles. The van der Waals surface area contributed by atoms with Gasteiger partial charge in [0.05, 0.1) is 15.8 Å². The van der Waals surface area contributed by atoms with Crippen LogP contribution in [0.4, 0.5) is 5.13 Å². The van der Waals surface area contributed by atoms with E-state index in [1.165, 1.54) is 5.56 Å². The van der Waals surface area contributed by atoms with Crippen LogP contribution in [0.25, 0.3) is 0 Å². The van der Waals surface area contributed by atoms with Gasteiger partial charge in [-0.1, -0.05) is 54.6 Å². The zero-order valence-electron chi connectivity index (χ0n) is 16.4. The maximum absolute atomic E-state index is 13.2. The fraction of sp³-hybridized carbons (Fsp3) is 0.409. The van der Waals surface area contributed by atoms with Crippen molar-refractivity contribution < 1.29 is 8.42 Å². The van der Waals surface area contributed by atoms with Crippen LogP contribution in [-0.2, 0) is 16.3 Å². The first-order valence-electron chi connectivity index (χ1n) is 9.87. The predicted octanol–water partition coefficient (Wildman–Crippen LogP) is 4.61. The Morgan fingerprint density at radius 2 is 1.93 bits per heavy atom. The molecule has 0 bridgehead atoms. The van der Waals surface area contributed by atoms with Gasteiger partial charge in [-0.25, -0.2) is 13.4 Å². The van der Waals surface area contributed by atoms with E-state index in [9.17, 15) is 8.42 Å². The summed E-state index contributed by atoms with van der Waals surface area (Å²) in [5.74, 6) is 0. The molecule has 0 saturated carbocycles. The minimum atomic E-state index is -3.35. The molecule has 1 fully saturated rings. The van der Waals surface area contributed by atoms with E-state index in [-0.39, 0.29) is 5.25 Å². The van der Waals surface area contributed by atoms with Crippen LogP contribution in [0.5, 0.6) is 0 Å². The SMILES string of the molecule is CC1(Cl)C=CC=CC1S(=O)(=O)C1CCN(c2nc(Cc3ccccc3)cs2)CC1. The Morgan fingerprint density at radius 1 is 1.21 bits per heavy atom. The highest BCUT2D eigenvalue weighted by atomic mass is 35.5. The molecule has 1 aromatic carbocycles. The van der Waals surface area contributed by atoms with Crippen LogP contribution in [0, 0.1) is 0 Å². The largest absolute Gasteiger partial charge is 0.348 e. The Balaban J connectivity index is 1.40. The molecule has 0 spiro atoms. The van der Waals surface area contributed by atoms with Gasteiger partial charge >= 0.3 is 0 Å². The highest BCUT2D eigenvalue weighted by molar-refractivity contribution is 7.93. The maximum atomic E-state index is 13.2. The molecular formula is C22H25ClN2O2S2. The van der Waals surface area contributed by atoms with Crippen LogP contribution in [0.15, 0.2) is 60.0 Å². The van der Waals surface area contributed by atoms with Crippen molar-refractivity contribution in [3.63, 3.8) is 0 Å². The van der Waals surface area contributed by atoms with Crippen LogP contribution in [0.1, 0.15) is 31.0 Å². The number of piperidine rings is 1. The van der Waals surface area contributed by atoms with E-state index >= 15 is 0 Å². The van der Waals surface area contributed by atoms with Crippen molar-refractivity contribution in [2.45, 2.75) is 41.6 Å². The highest BCUT2D eigenvalue weighted by Crippen LogP contribution is 2.35. The fourth-order valence-electron chi connectivity index (χ4n) is 4.03. The number of rotatable bonds is 5. The lowest BCUT2D eigenvalue weighted by Gasteiger charge is -2.36. The van der Waals surface area contributed by atoms with Crippen molar-refractivity contribution >= 4 is 37.9 Å². The van der Waals surface area contributed by atoms with Gasteiger partial charge in [-0.3, -0.25) is 0 Å². The number of thiazole rings is 1. The maximum Gasteiger partial charge on any atom is 0.185 e. The molecule has 0 amide bonds. The van der Waals surface area contributed by atoms with Crippen molar-refractivity contribution in [2.75, 3.05) is 18.0 Å². The van der Waals surface area contributed by atoms with Crippen LogP contribution >= 0.6 is 22.9 Å². The molecule has 1 aromatic heterocycles.